The van der Waals surface area contributed by atoms with E-state index in [1.165, 1.54) is 6.07 Å². The van der Waals surface area contributed by atoms with Gasteiger partial charge < -0.3 is 4.74 Å². The summed E-state index contributed by atoms with van der Waals surface area (Å²) >= 11 is 11.9. The third-order valence-electron chi connectivity index (χ3n) is 2.81. The van der Waals surface area contributed by atoms with Crippen LogP contribution >= 0.6 is 23.2 Å². The van der Waals surface area contributed by atoms with Crippen molar-refractivity contribution >= 4 is 29.5 Å². The van der Waals surface area contributed by atoms with E-state index in [9.17, 15) is 4.79 Å². The topological polar surface area (TPSA) is 44.1 Å². The van der Waals surface area contributed by atoms with Crippen molar-refractivity contribution in [3.05, 3.63) is 45.2 Å². The quantitative estimate of drug-likeness (QED) is 0.786. The summed E-state index contributed by atoms with van der Waals surface area (Å²) in [6.45, 7) is 4.96. The predicted molar refractivity (Wildman–Crippen MR) is 78.8 cm³/mol. The van der Waals surface area contributed by atoms with Gasteiger partial charge >= 0.3 is 0 Å². The van der Waals surface area contributed by atoms with Crippen molar-refractivity contribution in [2.24, 2.45) is 0 Å². The number of carbonyl (C=O) groups is 1. The molecule has 0 spiro atoms. The maximum atomic E-state index is 11.1. The van der Waals surface area contributed by atoms with Crippen LogP contribution in [0.1, 0.15) is 28.7 Å². The van der Waals surface area contributed by atoms with Gasteiger partial charge in [-0.3, -0.25) is 9.48 Å². The summed E-state index contributed by atoms with van der Waals surface area (Å²) in [4.78, 5) is 11.1. The molecule has 4 nitrogen and oxygen atoms in total. The van der Waals surface area contributed by atoms with Crippen LogP contribution in [0.2, 0.25) is 10.0 Å². The number of rotatable bonds is 5. The first-order valence-electron chi connectivity index (χ1n) is 6.15. The molecule has 0 atom stereocenters. The number of benzene rings is 1. The molecule has 0 bridgehead atoms. The summed E-state index contributed by atoms with van der Waals surface area (Å²) in [5.74, 6) is 0.340. The molecule has 0 aliphatic carbocycles. The lowest BCUT2D eigenvalue weighted by Gasteiger charge is -2.11. The van der Waals surface area contributed by atoms with E-state index < -0.39 is 0 Å². The van der Waals surface area contributed by atoms with Crippen molar-refractivity contribution in [2.45, 2.75) is 27.0 Å². The van der Waals surface area contributed by atoms with E-state index in [2.05, 4.69) is 5.10 Å². The molecule has 2 aromatic rings. The van der Waals surface area contributed by atoms with E-state index >= 15 is 0 Å². The molecule has 0 saturated carbocycles. The first-order valence-corrected chi connectivity index (χ1v) is 6.91. The molecule has 1 aromatic carbocycles. The first kappa shape index (κ1) is 14.9. The van der Waals surface area contributed by atoms with E-state index in [4.69, 9.17) is 27.9 Å². The van der Waals surface area contributed by atoms with Crippen LogP contribution in [0, 0.1) is 6.92 Å². The maximum absolute atomic E-state index is 11.1. The van der Waals surface area contributed by atoms with Gasteiger partial charge in [-0.15, -0.1) is 0 Å². The molecule has 0 aliphatic heterocycles. The number of aromatic nitrogens is 2. The van der Waals surface area contributed by atoms with Crippen LogP contribution in [0.15, 0.2) is 18.2 Å². The molecule has 1 heterocycles. The third-order valence-corrected chi connectivity index (χ3v) is 3.31. The SMILES string of the molecule is CCn1nc(C)cc1COc1c(Cl)cc(Cl)cc1C=O. The molecule has 0 N–H and O–H groups in total. The standard InChI is InChI=1S/C14H14Cl2N2O2/c1-3-18-12(4-9(2)17-18)8-20-14-10(7-19)5-11(15)6-13(14)16/h4-7H,3,8H2,1-2H3. The summed E-state index contributed by atoms with van der Waals surface area (Å²) in [7, 11) is 0. The second kappa shape index (κ2) is 6.29. The number of hydrogen-bond acceptors (Lipinski definition) is 3. The van der Waals surface area contributed by atoms with E-state index in [-0.39, 0.29) is 6.61 Å². The zero-order valence-corrected chi connectivity index (χ0v) is 12.7. The molecule has 0 unspecified atom stereocenters. The Kier molecular flexibility index (Phi) is 4.68. The fourth-order valence-electron chi connectivity index (χ4n) is 1.96. The second-order valence-electron chi connectivity index (χ2n) is 4.31. The average Bonchev–Trinajstić information content (AvgIpc) is 2.77. The van der Waals surface area contributed by atoms with Crippen molar-refractivity contribution < 1.29 is 9.53 Å². The Morgan fingerprint density at radius 2 is 2.10 bits per heavy atom. The lowest BCUT2D eigenvalue weighted by Crippen LogP contribution is -2.07. The Morgan fingerprint density at radius 1 is 1.35 bits per heavy atom. The summed E-state index contributed by atoms with van der Waals surface area (Å²) in [6, 6.07) is 5.01. The van der Waals surface area contributed by atoms with Gasteiger partial charge in [-0.05, 0) is 32.0 Å². The van der Waals surface area contributed by atoms with Gasteiger partial charge in [0.05, 0.1) is 22.0 Å². The zero-order valence-electron chi connectivity index (χ0n) is 11.2. The summed E-state index contributed by atoms with van der Waals surface area (Å²) in [5, 5.41) is 5.05. The number of hydrogen-bond donors (Lipinski definition) is 0. The van der Waals surface area contributed by atoms with Crippen LogP contribution < -0.4 is 4.74 Å². The molecule has 0 amide bonds. The molecule has 2 rings (SSSR count). The number of nitrogens with zero attached hydrogens (tertiary/aromatic N) is 2. The average molecular weight is 313 g/mol. The van der Waals surface area contributed by atoms with Gasteiger partial charge in [-0.1, -0.05) is 23.2 Å². The largest absolute Gasteiger partial charge is 0.485 e. The van der Waals surface area contributed by atoms with E-state index in [0.717, 1.165) is 17.9 Å². The van der Waals surface area contributed by atoms with Crippen LogP contribution in [0.4, 0.5) is 0 Å². The second-order valence-corrected chi connectivity index (χ2v) is 5.15. The molecule has 1 aromatic heterocycles. The molecule has 0 fully saturated rings. The van der Waals surface area contributed by atoms with Gasteiger partial charge in [0.2, 0.25) is 0 Å². The number of aryl methyl sites for hydroxylation is 2. The lowest BCUT2D eigenvalue weighted by molar-refractivity contribution is 0.111. The van der Waals surface area contributed by atoms with Crippen LogP contribution in [0.5, 0.6) is 5.75 Å². The Balaban J connectivity index is 2.24. The molecule has 20 heavy (non-hydrogen) atoms. The monoisotopic (exact) mass is 312 g/mol. The van der Waals surface area contributed by atoms with Gasteiger partial charge in [-0.2, -0.15) is 5.10 Å². The van der Waals surface area contributed by atoms with Crippen molar-refractivity contribution in [1.82, 2.24) is 9.78 Å². The van der Waals surface area contributed by atoms with Crippen LogP contribution in [-0.2, 0) is 13.2 Å². The molecular formula is C14H14Cl2N2O2. The Labute approximate surface area is 127 Å². The van der Waals surface area contributed by atoms with Crippen LogP contribution in [0.3, 0.4) is 0 Å². The maximum Gasteiger partial charge on any atom is 0.153 e. The van der Waals surface area contributed by atoms with Crippen LogP contribution in [-0.4, -0.2) is 16.1 Å². The van der Waals surface area contributed by atoms with Gasteiger partial charge in [0.25, 0.3) is 0 Å². The molecule has 0 saturated heterocycles. The minimum Gasteiger partial charge on any atom is -0.485 e. The van der Waals surface area contributed by atoms with E-state index in [0.29, 0.717) is 27.6 Å². The fraction of sp³-hybridized carbons (Fsp3) is 0.286. The van der Waals surface area contributed by atoms with Gasteiger partial charge in [0.15, 0.2) is 6.29 Å². The minimum absolute atomic E-state index is 0.289. The Bertz CT molecular complexity index is 638. The summed E-state index contributed by atoms with van der Waals surface area (Å²) < 4.78 is 7.52. The van der Waals surface area contributed by atoms with Gasteiger partial charge in [0, 0.05) is 11.6 Å². The third kappa shape index (κ3) is 3.14. The van der Waals surface area contributed by atoms with Crippen molar-refractivity contribution in [2.75, 3.05) is 0 Å². The van der Waals surface area contributed by atoms with E-state index in [1.54, 1.807) is 6.07 Å². The Morgan fingerprint density at radius 3 is 2.75 bits per heavy atom. The molecule has 0 radical (unpaired) electrons. The van der Waals surface area contributed by atoms with Gasteiger partial charge in [-0.25, -0.2) is 0 Å². The lowest BCUT2D eigenvalue weighted by atomic mass is 10.2. The number of halogens is 2. The fourth-order valence-corrected chi connectivity index (χ4v) is 2.52. The number of aldehydes is 1. The normalized spacial score (nSPS) is 10.6. The van der Waals surface area contributed by atoms with Crippen molar-refractivity contribution in [3.8, 4) is 5.75 Å². The number of carbonyl (C=O) groups excluding carboxylic acids is 1. The van der Waals surface area contributed by atoms with Crippen molar-refractivity contribution in [3.63, 3.8) is 0 Å². The predicted octanol–water partition coefficient (Wildman–Crippen LogP) is 3.91. The molecule has 0 aliphatic rings. The summed E-state index contributed by atoms with van der Waals surface area (Å²) in [6.07, 6.45) is 0.676. The zero-order chi connectivity index (χ0) is 14.7. The highest BCUT2D eigenvalue weighted by Gasteiger charge is 2.12. The van der Waals surface area contributed by atoms with Gasteiger partial charge in [0.1, 0.15) is 12.4 Å². The first-order chi connectivity index (χ1) is 9.55. The summed E-state index contributed by atoms with van der Waals surface area (Å²) in [5.41, 5.74) is 2.18. The van der Waals surface area contributed by atoms with Crippen molar-refractivity contribution in [1.29, 1.82) is 0 Å². The molecule has 106 valence electrons. The highest BCUT2D eigenvalue weighted by Crippen LogP contribution is 2.32. The van der Waals surface area contributed by atoms with Crippen LogP contribution in [0.25, 0.3) is 0 Å². The smallest absolute Gasteiger partial charge is 0.153 e. The Hall–Kier alpha value is -1.52. The van der Waals surface area contributed by atoms with E-state index in [1.807, 2.05) is 24.6 Å². The molecular weight excluding hydrogens is 299 g/mol. The minimum atomic E-state index is 0.289. The molecule has 6 heteroatoms. The highest BCUT2D eigenvalue weighted by molar-refractivity contribution is 6.36. The number of ether oxygens (including phenoxy) is 1. The highest BCUT2D eigenvalue weighted by atomic mass is 35.5.